The number of aromatic nitrogens is 1. The molecule has 1 atom stereocenters. The van der Waals surface area contributed by atoms with Gasteiger partial charge in [-0.2, -0.15) is 17.9 Å². The molecular formula is C18H15F3N2O4S. The number of hydrogen-bond donors (Lipinski definition) is 1. The number of aryl methyl sites for hydroxylation is 1. The summed E-state index contributed by atoms with van der Waals surface area (Å²) in [4.78, 5) is 12.2. The van der Waals surface area contributed by atoms with Crippen molar-refractivity contribution in [3.05, 3.63) is 70.0 Å². The number of rotatable bonds is 3. The molecule has 3 rings (SSSR count). The molecule has 1 N–H and O–H groups in total. The number of pyridine rings is 1. The summed E-state index contributed by atoms with van der Waals surface area (Å²) in [5.74, 6) is -1.03. The van der Waals surface area contributed by atoms with Gasteiger partial charge in [0, 0.05) is 17.0 Å². The molecule has 0 saturated heterocycles. The second-order valence-electron chi connectivity index (χ2n) is 6.39. The minimum Gasteiger partial charge on any atom is -0.618 e. The Balaban J connectivity index is 1.82. The predicted octanol–water partition coefficient (Wildman–Crippen LogP) is 2.35. The van der Waals surface area contributed by atoms with Gasteiger partial charge < -0.3 is 10.5 Å². The number of hydrogen-bond acceptors (Lipinski definition) is 4. The van der Waals surface area contributed by atoms with Crippen LogP contribution in [-0.4, -0.2) is 26.1 Å². The van der Waals surface area contributed by atoms with Crippen LogP contribution in [0, 0.1) is 12.1 Å². The summed E-state index contributed by atoms with van der Waals surface area (Å²) in [5.41, 5.74) is -0.274. The Morgan fingerprint density at radius 3 is 2.43 bits per heavy atom. The minimum atomic E-state index is -4.47. The summed E-state index contributed by atoms with van der Waals surface area (Å²) in [6.45, 7) is 1.32. The highest BCUT2D eigenvalue weighted by Gasteiger charge is 2.32. The van der Waals surface area contributed by atoms with E-state index in [1.807, 2.05) is 0 Å². The van der Waals surface area contributed by atoms with Crippen LogP contribution in [0.1, 0.15) is 21.6 Å². The number of halogens is 3. The van der Waals surface area contributed by atoms with Crippen LogP contribution < -0.4 is 10.0 Å². The first kappa shape index (κ1) is 19.9. The van der Waals surface area contributed by atoms with Gasteiger partial charge in [-0.1, -0.05) is 12.1 Å². The van der Waals surface area contributed by atoms with E-state index in [9.17, 15) is 31.6 Å². The molecule has 1 aliphatic rings. The molecule has 0 spiro atoms. The van der Waals surface area contributed by atoms with E-state index in [-0.39, 0.29) is 17.0 Å². The van der Waals surface area contributed by atoms with Crippen molar-refractivity contribution < 1.29 is 31.1 Å². The zero-order chi connectivity index (χ0) is 20.7. The topological polar surface area (TPSA) is 90.2 Å². The lowest BCUT2D eigenvalue weighted by Crippen LogP contribution is -2.43. The average molecular weight is 412 g/mol. The van der Waals surface area contributed by atoms with E-state index in [1.165, 1.54) is 37.3 Å². The van der Waals surface area contributed by atoms with Crippen LogP contribution in [0.4, 0.5) is 13.2 Å². The van der Waals surface area contributed by atoms with E-state index in [0.717, 1.165) is 17.7 Å². The molecule has 0 unspecified atom stereocenters. The van der Waals surface area contributed by atoms with Crippen molar-refractivity contribution in [2.24, 2.45) is 0 Å². The van der Waals surface area contributed by atoms with E-state index in [1.54, 1.807) is 0 Å². The van der Waals surface area contributed by atoms with Crippen LogP contribution in [0.3, 0.4) is 0 Å². The largest absolute Gasteiger partial charge is 0.618 e. The summed E-state index contributed by atoms with van der Waals surface area (Å²) in [5, 5.41) is 15.6. The van der Waals surface area contributed by atoms with Crippen molar-refractivity contribution in [1.82, 2.24) is 5.32 Å². The smallest absolute Gasteiger partial charge is 0.416 e. The maximum absolute atomic E-state index is 12.9. The van der Waals surface area contributed by atoms with Gasteiger partial charge in [-0.15, -0.1) is 0 Å². The number of benzene rings is 1. The van der Waals surface area contributed by atoms with Crippen molar-refractivity contribution in [2.75, 3.05) is 5.75 Å². The Morgan fingerprint density at radius 1 is 1.21 bits per heavy atom. The number of carbonyl (C=O) groups is 1. The number of nitrogens with one attached hydrogen (secondary N) is 1. The van der Waals surface area contributed by atoms with Crippen LogP contribution in [0.2, 0.25) is 0 Å². The number of sulfone groups is 1. The van der Waals surface area contributed by atoms with Gasteiger partial charge in [0.2, 0.25) is 0 Å². The Labute approximate surface area is 158 Å². The molecule has 1 aromatic heterocycles. The number of amides is 1. The van der Waals surface area contributed by atoms with E-state index in [0.29, 0.717) is 15.9 Å². The first-order valence-electron chi connectivity index (χ1n) is 8.09. The summed E-state index contributed by atoms with van der Waals surface area (Å²) in [6.07, 6.45) is -2.06. The van der Waals surface area contributed by atoms with Crippen LogP contribution in [0.25, 0.3) is 11.1 Å². The molecule has 0 fully saturated rings. The maximum Gasteiger partial charge on any atom is 0.416 e. The van der Waals surface area contributed by atoms with Crippen molar-refractivity contribution in [3.63, 3.8) is 0 Å². The molecule has 1 aromatic carbocycles. The third-order valence-corrected chi connectivity index (χ3v) is 5.65. The first-order chi connectivity index (χ1) is 13.0. The van der Waals surface area contributed by atoms with Gasteiger partial charge in [-0.3, -0.25) is 4.79 Å². The second-order valence-corrected chi connectivity index (χ2v) is 8.33. The Kier molecular flexibility index (Phi) is 4.92. The van der Waals surface area contributed by atoms with Crippen molar-refractivity contribution >= 4 is 15.7 Å². The SMILES string of the molecule is Cc1cc(-c2ccc(C(=O)N[C@@H]3C=CS(=O)(=O)C3)[n+]([O-])c2)ccc1C(F)(F)F. The molecule has 6 nitrogen and oxygen atoms in total. The van der Waals surface area contributed by atoms with Crippen LogP contribution in [0.15, 0.2) is 48.0 Å². The predicted molar refractivity (Wildman–Crippen MR) is 94.8 cm³/mol. The molecule has 0 aliphatic carbocycles. The first-order valence-corrected chi connectivity index (χ1v) is 9.81. The molecule has 148 valence electrons. The molecular weight excluding hydrogens is 397 g/mol. The molecule has 2 heterocycles. The third kappa shape index (κ3) is 4.16. The van der Waals surface area contributed by atoms with Gasteiger partial charge in [0.05, 0.1) is 17.4 Å². The van der Waals surface area contributed by atoms with Crippen LogP contribution in [-0.2, 0) is 16.0 Å². The molecule has 28 heavy (non-hydrogen) atoms. The second kappa shape index (κ2) is 6.93. The molecule has 2 aromatic rings. The molecule has 1 amide bonds. The van der Waals surface area contributed by atoms with Crippen molar-refractivity contribution in [3.8, 4) is 11.1 Å². The van der Waals surface area contributed by atoms with E-state index in [4.69, 9.17) is 0 Å². The summed E-state index contributed by atoms with van der Waals surface area (Å²) < 4.78 is 61.6. The van der Waals surface area contributed by atoms with Gasteiger partial charge in [0.15, 0.2) is 16.0 Å². The maximum atomic E-state index is 12.9. The van der Waals surface area contributed by atoms with Gasteiger partial charge in [0.25, 0.3) is 5.69 Å². The standard InChI is InChI=1S/C18H15F3N2O4S/c1-11-8-12(2-4-15(11)18(19,20)21)13-3-5-16(23(25)9-13)17(24)22-14-6-7-28(26,27)10-14/h2-9,14H,10H2,1H3,(H,22,24)/t14-/m1/s1. The van der Waals surface area contributed by atoms with E-state index >= 15 is 0 Å². The van der Waals surface area contributed by atoms with Gasteiger partial charge in [-0.25, -0.2) is 8.42 Å². The monoisotopic (exact) mass is 412 g/mol. The van der Waals surface area contributed by atoms with E-state index < -0.39 is 33.5 Å². The Hall–Kier alpha value is -2.88. The number of nitrogens with zero attached hydrogens (tertiary/aromatic N) is 1. The lowest BCUT2D eigenvalue weighted by molar-refractivity contribution is -0.607. The summed E-state index contributed by atoms with van der Waals surface area (Å²) >= 11 is 0. The highest BCUT2D eigenvalue weighted by molar-refractivity contribution is 7.94. The van der Waals surface area contributed by atoms with Gasteiger partial charge >= 0.3 is 12.1 Å². The van der Waals surface area contributed by atoms with Crippen molar-refractivity contribution in [2.45, 2.75) is 19.1 Å². The molecule has 1 aliphatic heterocycles. The molecule has 0 bridgehead atoms. The van der Waals surface area contributed by atoms with Crippen LogP contribution in [0.5, 0.6) is 0 Å². The van der Waals surface area contributed by atoms with Gasteiger partial charge in [0.1, 0.15) is 0 Å². The number of alkyl halides is 3. The quantitative estimate of drug-likeness (QED) is 0.619. The van der Waals surface area contributed by atoms with Crippen molar-refractivity contribution in [1.29, 1.82) is 0 Å². The Morgan fingerprint density at radius 2 is 1.89 bits per heavy atom. The summed E-state index contributed by atoms with van der Waals surface area (Å²) in [7, 11) is -3.35. The average Bonchev–Trinajstić information content (AvgIpc) is 2.91. The normalized spacial score (nSPS) is 18.2. The molecule has 10 heteroatoms. The van der Waals surface area contributed by atoms with Crippen LogP contribution >= 0.6 is 0 Å². The Bertz CT molecular complexity index is 1080. The molecule has 0 saturated carbocycles. The molecule has 0 radical (unpaired) electrons. The fourth-order valence-corrected chi connectivity index (χ4v) is 4.13. The van der Waals surface area contributed by atoms with Gasteiger partial charge in [-0.05, 0) is 36.3 Å². The zero-order valence-corrected chi connectivity index (χ0v) is 15.3. The van der Waals surface area contributed by atoms with E-state index in [2.05, 4.69) is 5.32 Å². The third-order valence-electron chi connectivity index (χ3n) is 4.26. The highest BCUT2D eigenvalue weighted by atomic mass is 32.2. The lowest BCUT2D eigenvalue weighted by Gasteiger charge is -2.13. The number of carbonyl (C=O) groups excluding carboxylic acids is 1. The minimum absolute atomic E-state index is 0.0125. The fraction of sp³-hybridized carbons (Fsp3) is 0.222. The lowest BCUT2D eigenvalue weighted by atomic mass is 10.0. The zero-order valence-electron chi connectivity index (χ0n) is 14.5. The fourth-order valence-electron chi connectivity index (χ4n) is 2.90. The summed E-state index contributed by atoms with van der Waals surface area (Å²) in [6, 6.07) is 5.44. The highest BCUT2D eigenvalue weighted by Crippen LogP contribution is 2.33.